The molecule has 2 aliphatic rings. The molecule has 1 saturated heterocycles. The summed E-state index contributed by atoms with van der Waals surface area (Å²) in [6.07, 6.45) is 1.05. The van der Waals surface area contributed by atoms with E-state index in [-0.39, 0.29) is 21.5 Å². The molecule has 1 aromatic carbocycles. The monoisotopic (exact) mass is 548 g/mol. The molecule has 0 radical (unpaired) electrons. The van der Waals surface area contributed by atoms with Crippen LogP contribution in [0.4, 0.5) is 5.69 Å². The van der Waals surface area contributed by atoms with Crippen molar-refractivity contribution in [3.8, 4) is 0 Å². The molecule has 4 atom stereocenters. The summed E-state index contributed by atoms with van der Waals surface area (Å²) >= 11 is 12.9. The molecule has 0 spiro atoms. The van der Waals surface area contributed by atoms with E-state index >= 15 is 0 Å². The molecule has 156 valence electrons. The van der Waals surface area contributed by atoms with Gasteiger partial charge in [0.05, 0.1) is 11.8 Å². The van der Waals surface area contributed by atoms with Crippen molar-refractivity contribution in [1.29, 1.82) is 0 Å². The zero-order chi connectivity index (χ0) is 21.3. The lowest BCUT2D eigenvalue weighted by Crippen LogP contribution is -2.37. The second kappa shape index (κ2) is 9.14. The maximum atomic E-state index is 12.6. The minimum absolute atomic E-state index is 0.0889. The van der Waals surface area contributed by atoms with Gasteiger partial charge in [0.1, 0.15) is 6.54 Å². The van der Waals surface area contributed by atoms with Crippen LogP contribution in [0.25, 0.3) is 0 Å². The Bertz CT molecular complexity index is 837. The fourth-order valence-electron chi connectivity index (χ4n) is 3.56. The minimum atomic E-state index is -0.811. The van der Waals surface area contributed by atoms with Gasteiger partial charge < -0.3 is 10.1 Å². The number of ether oxygens (including phenoxy) is 1. The highest BCUT2D eigenvalue weighted by molar-refractivity contribution is 9.12. The molecule has 2 fully saturated rings. The van der Waals surface area contributed by atoms with Gasteiger partial charge >= 0.3 is 5.97 Å². The molecule has 1 saturated carbocycles. The fraction of sp³-hybridized carbons (Fsp3) is 0.474. The van der Waals surface area contributed by atoms with Gasteiger partial charge in [-0.2, -0.15) is 0 Å². The fourth-order valence-corrected chi connectivity index (χ4v) is 4.96. The van der Waals surface area contributed by atoms with Crippen molar-refractivity contribution in [3.05, 3.63) is 28.8 Å². The third kappa shape index (κ3) is 5.00. The van der Waals surface area contributed by atoms with Crippen LogP contribution in [0.5, 0.6) is 0 Å². The Morgan fingerprint density at radius 3 is 2.34 bits per heavy atom. The summed E-state index contributed by atoms with van der Waals surface area (Å²) < 4.78 is 4.95. The Hall–Kier alpha value is -1.45. The highest BCUT2D eigenvalue weighted by Crippen LogP contribution is 2.43. The van der Waals surface area contributed by atoms with E-state index in [1.54, 1.807) is 25.1 Å². The molecule has 3 amide bonds. The third-order valence-electron chi connectivity index (χ3n) is 5.13. The number of halogens is 3. The summed E-state index contributed by atoms with van der Waals surface area (Å²) in [5.74, 6) is -2.93. The zero-order valence-electron chi connectivity index (χ0n) is 15.5. The van der Waals surface area contributed by atoms with E-state index in [0.717, 1.165) is 10.5 Å². The van der Waals surface area contributed by atoms with Gasteiger partial charge in [-0.25, -0.2) is 0 Å². The number of alkyl halides is 2. The molecule has 0 aromatic heterocycles. The van der Waals surface area contributed by atoms with Gasteiger partial charge in [0, 0.05) is 20.4 Å². The second-order valence-electron chi connectivity index (χ2n) is 7.15. The highest BCUT2D eigenvalue weighted by Gasteiger charge is 2.52. The quantitative estimate of drug-likeness (QED) is 0.346. The molecule has 1 aliphatic carbocycles. The summed E-state index contributed by atoms with van der Waals surface area (Å²) in [4.78, 5) is 50.4. The third-order valence-corrected chi connectivity index (χ3v) is 8.10. The van der Waals surface area contributed by atoms with Crippen LogP contribution in [0.3, 0.4) is 0 Å². The molecular weight excluding hydrogens is 531 g/mol. The van der Waals surface area contributed by atoms with Crippen molar-refractivity contribution in [1.82, 2.24) is 4.90 Å². The molecule has 7 nitrogen and oxygen atoms in total. The van der Waals surface area contributed by atoms with E-state index in [1.165, 1.54) is 0 Å². The van der Waals surface area contributed by atoms with Crippen LogP contribution in [0.2, 0.25) is 5.02 Å². The predicted molar refractivity (Wildman–Crippen MR) is 114 cm³/mol. The first-order valence-electron chi connectivity index (χ1n) is 9.02. The number of amides is 3. The average Bonchev–Trinajstić information content (AvgIpc) is 2.88. The normalized spacial score (nSPS) is 26.3. The Morgan fingerprint density at radius 1 is 1.17 bits per heavy atom. The number of hydrogen-bond acceptors (Lipinski definition) is 5. The molecule has 3 rings (SSSR count). The minimum Gasteiger partial charge on any atom is -0.454 e. The number of nitrogens with one attached hydrogen (secondary N) is 1. The first-order chi connectivity index (χ1) is 13.7. The van der Waals surface area contributed by atoms with Gasteiger partial charge in [-0.1, -0.05) is 49.5 Å². The number of esters is 1. The number of imide groups is 1. The van der Waals surface area contributed by atoms with Crippen LogP contribution in [0.1, 0.15) is 18.4 Å². The van der Waals surface area contributed by atoms with Crippen LogP contribution < -0.4 is 5.32 Å². The maximum Gasteiger partial charge on any atom is 0.326 e. The predicted octanol–water partition coefficient (Wildman–Crippen LogP) is 3.05. The Kier molecular flexibility index (Phi) is 7.01. The number of nitrogens with zero attached hydrogens (tertiary/aromatic N) is 1. The Labute approximate surface area is 189 Å². The van der Waals surface area contributed by atoms with Gasteiger partial charge in [-0.3, -0.25) is 24.1 Å². The summed E-state index contributed by atoms with van der Waals surface area (Å²) in [5.41, 5.74) is 1.32. The lowest BCUT2D eigenvalue weighted by atomic mass is 9.81. The summed E-state index contributed by atoms with van der Waals surface area (Å²) in [7, 11) is 0. The number of benzene rings is 1. The van der Waals surface area contributed by atoms with E-state index in [2.05, 4.69) is 37.2 Å². The molecule has 1 aliphatic heterocycles. The van der Waals surface area contributed by atoms with Crippen LogP contribution in [0, 0.1) is 18.8 Å². The van der Waals surface area contributed by atoms with E-state index in [4.69, 9.17) is 16.3 Å². The molecule has 1 aromatic rings. The first kappa shape index (κ1) is 22.2. The van der Waals surface area contributed by atoms with E-state index in [9.17, 15) is 19.2 Å². The molecule has 29 heavy (non-hydrogen) atoms. The van der Waals surface area contributed by atoms with Crippen molar-refractivity contribution in [2.45, 2.75) is 29.4 Å². The number of carbonyl (C=O) groups excluding carboxylic acids is 4. The smallest absolute Gasteiger partial charge is 0.326 e. The number of likely N-dealkylation sites (tertiary alicyclic amines) is 1. The van der Waals surface area contributed by atoms with Gasteiger partial charge in [0.25, 0.3) is 5.91 Å². The first-order valence-corrected chi connectivity index (χ1v) is 11.2. The molecular formula is C19H19Br2ClN2O5. The average molecular weight is 551 g/mol. The SMILES string of the molecule is Cc1ccc(Cl)cc1NC(=O)COC(=O)CN1C(=O)[C@H]2C[C@H](Br)[C@@H](Br)C[C@H]2C1=O. The van der Waals surface area contributed by atoms with Crippen LogP contribution in [-0.2, 0) is 23.9 Å². The molecule has 1 heterocycles. The van der Waals surface area contributed by atoms with Crippen molar-refractivity contribution < 1.29 is 23.9 Å². The van der Waals surface area contributed by atoms with Gasteiger partial charge in [0.15, 0.2) is 6.61 Å². The van der Waals surface area contributed by atoms with Crippen molar-refractivity contribution in [2.24, 2.45) is 11.8 Å². The number of rotatable bonds is 5. The highest BCUT2D eigenvalue weighted by atomic mass is 79.9. The van der Waals surface area contributed by atoms with E-state index in [0.29, 0.717) is 23.6 Å². The molecule has 10 heteroatoms. The molecule has 0 bridgehead atoms. The lowest BCUT2D eigenvalue weighted by Gasteiger charge is -2.29. The van der Waals surface area contributed by atoms with Gasteiger partial charge in [-0.15, -0.1) is 0 Å². The lowest BCUT2D eigenvalue weighted by molar-refractivity contribution is -0.154. The number of hydrogen-bond donors (Lipinski definition) is 1. The van der Waals surface area contributed by atoms with Crippen molar-refractivity contribution in [3.63, 3.8) is 0 Å². The number of fused-ring (bicyclic) bond motifs is 1. The number of carbonyl (C=O) groups is 4. The molecule has 0 unspecified atom stereocenters. The van der Waals surface area contributed by atoms with E-state index in [1.807, 2.05) is 0 Å². The largest absolute Gasteiger partial charge is 0.454 e. The molecule has 1 N–H and O–H groups in total. The summed E-state index contributed by atoms with van der Waals surface area (Å²) in [6.45, 7) is 0.784. The number of aryl methyl sites for hydroxylation is 1. The van der Waals surface area contributed by atoms with Crippen molar-refractivity contribution >= 4 is 72.8 Å². The van der Waals surface area contributed by atoms with Crippen LogP contribution >= 0.6 is 43.5 Å². The summed E-state index contributed by atoms with van der Waals surface area (Å²) in [6, 6.07) is 5.04. The topological polar surface area (TPSA) is 92.8 Å². The Morgan fingerprint density at radius 2 is 1.76 bits per heavy atom. The summed E-state index contributed by atoms with van der Waals surface area (Å²) in [5, 5.41) is 3.07. The number of anilines is 1. The van der Waals surface area contributed by atoms with Crippen LogP contribution in [-0.4, -0.2) is 51.4 Å². The van der Waals surface area contributed by atoms with E-state index < -0.39 is 36.9 Å². The second-order valence-corrected chi connectivity index (χ2v) is 9.94. The van der Waals surface area contributed by atoms with Crippen molar-refractivity contribution in [2.75, 3.05) is 18.5 Å². The van der Waals surface area contributed by atoms with Gasteiger partial charge in [0.2, 0.25) is 11.8 Å². The zero-order valence-corrected chi connectivity index (χ0v) is 19.4. The Balaban J connectivity index is 1.53. The maximum absolute atomic E-state index is 12.6. The standard InChI is InChI=1S/C19H19Br2ClN2O5/c1-9-2-3-10(22)4-15(9)23-16(25)8-29-17(26)7-24-18(27)11-5-13(20)14(21)6-12(11)19(24)28/h2-4,11-14H,5-8H2,1H3,(H,23,25)/t11-,12+,13-,14-/m0/s1. The van der Waals surface area contributed by atoms with Crippen LogP contribution in [0.15, 0.2) is 18.2 Å². The van der Waals surface area contributed by atoms with Gasteiger partial charge in [-0.05, 0) is 37.5 Å².